The van der Waals surface area contributed by atoms with Crippen molar-refractivity contribution in [2.45, 2.75) is 20.0 Å². The minimum Gasteiger partial charge on any atom is -0.489 e. The predicted octanol–water partition coefficient (Wildman–Crippen LogP) is 5.37. The fourth-order valence-electron chi connectivity index (χ4n) is 2.70. The summed E-state index contributed by atoms with van der Waals surface area (Å²) < 4.78 is 19.0. The van der Waals surface area contributed by atoms with E-state index in [1.54, 1.807) is 12.1 Å². The summed E-state index contributed by atoms with van der Waals surface area (Å²) in [6.45, 7) is 3.26. The summed E-state index contributed by atoms with van der Waals surface area (Å²) in [4.78, 5) is 0. The van der Waals surface area contributed by atoms with E-state index in [9.17, 15) is 4.39 Å². The maximum Gasteiger partial charge on any atom is 0.123 e. The van der Waals surface area contributed by atoms with Crippen LogP contribution < -0.4 is 10.1 Å². The van der Waals surface area contributed by atoms with Crippen LogP contribution in [0.25, 0.3) is 0 Å². The summed E-state index contributed by atoms with van der Waals surface area (Å²) in [5, 5.41) is 3.36. The zero-order valence-electron chi connectivity index (χ0n) is 14.3. The second kappa shape index (κ2) is 8.34. The van der Waals surface area contributed by atoms with Crippen LogP contribution in [-0.4, -0.2) is 6.54 Å². The van der Waals surface area contributed by atoms with Crippen molar-refractivity contribution in [3.8, 4) is 5.75 Å². The lowest BCUT2D eigenvalue weighted by molar-refractivity contribution is 0.306. The third-order valence-corrected chi connectivity index (χ3v) is 4.06. The molecular formula is C22H22FNO. The molecule has 0 heterocycles. The van der Waals surface area contributed by atoms with Crippen molar-refractivity contribution in [2.75, 3.05) is 11.9 Å². The molecule has 0 spiro atoms. The standard InChI is InChI=1S/C22H22FNO/c1-17-14-20(23)10-11-22(17)24-13-12-18-8-5-9-21(15-18)25-16-19-6-3-2-4-7-19/h2-11,14-15,24H,12-13,16H2,1H3. The molecule has 0 aliphatic carbocycles. The highest BCUT2D eigenvalue weighted by Gasteiger charge is 2.01. The number of ether oxygens (including phenoxy) is 1. The van der Waals surface area contributed by atoms with Crippen molar-refractivity contribution in [2.24, 2.45) is 0 Å². The molecule has 3 aromatic carbocycles. The van der Waals surface area contributed by atoms with Gasteiger partial charge < -0.3 is 10.1 Å². The van der Waals surface area contributed by atoms with Crippen molar-refractivity contribution in [1.29, 1.82) is 0 Å². The third kappa shape index (κ3) is 5.08. The van der Waals surface area contributed by atoms with Crippen LogP contribution >= 0.6 is 0 Å². The van der Waals surface area contributed by atoms with Gasteiger partial charge in [0.1, 0.15) is 18.2 Å². The highest BCUT2D eigenvalue weighted by molar-refractivity contribution is 5.50. The smallest absolute Gasteiger partial charge is 0.123 e. The van der Waals surface area contributed by atoms with Crippen LogP contribution in [0.2, 0.25) is 0 Å². The first-order chi connectivity index (χ1) is 12.2. The van der Waals surface area contributed by atoms with Crippen LogP contribution in [-0.2, 0) is 13.0 Å². The molecule has 0 saturated carbocycles. The van der Waals surface area contributed by atoms with E-state index in [2.05, 4.69) is 29.6 Å². The number of rotatable bonds is 7. The van der Waals surface area contributed by atoms with Crippen molar-refractivity contribution in [3.05, 3.63) is 95.3 Å². The van der Waals surface area contributed by atoms with Gasteiger partial charge in [-0.1, -0.05) is 42.5 Å². The first-order valence-corrected chi connectivity index (χ1v) is 8.46. The molecule has 0 fully saturated rings. The molecular weight excluding hydrogens is 313 g/mol. The lowest BCUT2D eigenvalue weighted by atomic mass is 10.1. The number of anilines is 1. The third-order valence-electron chi connectivity index (χ3n) is 4.06. The predicted molar refractivity (Wildman–Crippen MR) is 101 cm³/mol. The first kappa shape index (κ1) is 17.0. The molecule has 0 amide bonds. The van der Waals surface area contributed by atoms with Crippen LogP contribution in [0.3, 0.4) is 0 Å². The fraction of sp³-hybridized carbons (Fsp3) is 0.182. The summed E-state index contributed by atoms with van der Waals surface area (Å²) >= 11 is 0. The molecule has 0 saturated heterocycles. The summed E-state index contributed by atoms with van der Waals surface area (Å²) in [6, 6.07) is 23.1. The molecule has 2 nitrogen and oxygen atoms in total. The van der Waals surface area contributed by atoms with Gasteiger partial charge in [0.05, 0.1) is 0 Å². The first-order valence-electron chi connectivity index (χ1n) is 8.46. The summed E-state index contributed by atoms with van der Waals surface area (Å²) in [5.41, 5.74) is 4.25. The van der Waals surface area contributed by atoms with Crippen LogP contribution in [0.1, 0.15) is 16.7 Å². The normalized spacial score (nSPS) is 10.5. The molecule has 25 heavy (non-hydrogen) atoms. The quantitative estimate of drug-likeness (QED) is 0.627. The Morgan fingerprint density at radius 1 is 0.880 bits per heavy atom. The van der Waals surface area contributed by atoms with E-state index in [1.165, 1.54) is 11.6 Å². The van der Waals surface area contributed by atoms with Gasteiger partial charge in [-0.3, -0.25) is 0 Å². The van der Waals surface area contributed by atoms with Gasteiger partial charge in [0.2, 0.25) is 0 Å². The molecule has 0 unspecified atom stereocenters. The van der Waals surface area contributed by atoms with Gasteiger partial charge in [-0.25, -0.2) is 4.39 Å². The van der Waals surface area contributed by atoms with Gasteiger partial charge in [-0.05, 0) is 60.4 Å². The van der Waals surface area contributed by atoms with Crippen LogP contribution in [0.15, 0.2) is 72.8 Å². The van der Waals surface area contributed by atoms with Crippen LogP contribution in [0, 0.1) is 12.7 Å². The Balaban J connectivity index is 1.53. The average molecular weight is 335 g/mol. The van der Waals surface area contributed by atoms with Crippen LogP contribution in [0.4, 0.5) is 10.1 Å². The maximum atomic E-state index is 13.1. The van der Waals surface area contributed by atoms with Gasteiger partial charge in [-0.2, -0.15) is 0 Å². The molecule has 128 valence electrons. The molecule has 0 bridgehead atoms. The number of halogens is 1. The fourth-order valence-corrected chi connectivity index (χ4v) is 2.70. The lowest BCUT2D eigenvalue weighted by Crippen LogP contribution is -2.06. The average Bonchev–Trinajstić information content (AvgIpc) is 2.63. The highest BCUT2D eigenvalue weighted by atomic mass is 19.1. The SMILES string of the molecule is Cc1cc(F)ccc1NCCc1cccc(OCc2ccccc2)c1. The van der Waals surface area contributed by atoms with E-state index >= 15 is 0 Å². The van der Waals surface area contributed by atoms with E-state index in [4.69, 9.17) is 4.74 Å². The molecule has 1 N–H and O–H groups in total. The molecule has 0 aromatic heterocycles. The lowest BCUT2D eigenvalue weighted by Gasteiger charge is -2.11. The summed E-state index contributed by atoms with van der Waals surface area (Å²) in [6.07, 6.45) is 0.874. The molecule has 0 aliphatic heterocycles. The Morgan fingerprint density at radius 3 is 2.48 bits per heavy atom. The molecule has 3 aromatic rings. The van der Waals surface area contributed by atoms with Gasteiger partial charge in [0.25, 0.3) is 0 Å². The Labute approximate surface area is 148 Å². The van der Waals surface area contributed by atoms with Crippen molar-refractivity contribution in [1.82, 2.24) is 0 Å². The van der Waals surface area contributed by atoms with Crippen LogP contribution in [0.5, 0.6) is 5.75 Å². The molecule has 0 aliphatic rings. The van der Waals surface area contributed by atoms with Gasteiger partial charge in [0, 0.05) is 12.2 Å². The van der Waals surface area contributed by atoms with Crippen molar-refractivity contribution < 1.29 is 9.13 Å². The van der Waals surface area contributed by atoms with E-state index in [1.807, 2.05) is 37.3 Å². The Kier molecular flexibility index (Phi) is 5.68. The monoisotopic (exact) mass is 335 g/mol. The second-order valence-electron chi connectivity index (χ2n) is 6.06. The zero-order chi connectivity index (χ0) is 17.5. The summed E-state index contributed by atoms with van der Waals surface area (Å²) in [5.74, 6) is 0.672. The second-order valence-corrected chi connectivity index (χ2v) is 6.06. The van der Waals surface area contributed by atoms with E-state index in [-0.39, 0.29) is 5.82 Å². The van der Waals surface area contributed by atoms with E-state index in [0.29, 0.717) is 6.61 Å². The Hall–Kier alpha value is -2.81. The minimum absolute atomic E-state index is 0.202. The number of hydrogen-bond donors (Lipinski definition) is 1. The Bertz CT molecular complexity index is 817. The number of hydrogen-bond acceptors (Lipinski definition) is 2. The molecule has 3 rings (SSSR count). The Morgan fingerprint density at radius 2 is 1.68 bits per heavy atom. The molecule has 3 heteroatoms. The summed E-state index contributed by atoms with van der Waals surface area (Å²) in [7, 11) is 0. The van der Waals surface area contributed by atoms with Gasteiger partial charge in [-0.15, -0.1) is 0 Å². The van der Waals surface area contributed by atoms with Crippen molar-refractivity contribution in [3.63, 3.8) is 0 Å². The zero-order valence-corrected chi connectivity index (χ0v) is 14.3. The minimum atomic E-state index is -0.202. The largest absolute Gasteiger partial charge is 0.489 e. The number of aryl methyl sites for hydroxylation is 1. The van der Waals surface area contributed by atoms with Gasteiger partial charge in [0.15, 0.2) is 0 Å². The maximum absolute atomic E-state index is 13.1. The van der Waals surface area contributed by atoms with E-state index in [0.717, 1.165) is 35.5 Å². The topological polar surface area (TPSA) is 21.3 Å². The number of nitrogens with one attached hydrogen (secondary N) is 1. The van der Waals surface area contributed by atoms with Crippen molar-refractivity contribution >= 4 is 5.69 Å². The van der Waals surface area contributed by atoms with Gasteiger partial charge >= 0.3 is 0 Å². The van der Waals surface area contributed by atoms with E-state index < -0.39 is 0 Å². The number of benzene rings is 3. The highest BCUT2D eigenvalue weighted by Crippen LogP contribution is 2.18. The molecule has 0 atom stereocenters. The molecule has 0 radical (unpaired) electrons.